The summed E-state index contributed by atoms with van der Waals surface area (Å²) in [4.78, 5) is 4.60. The lowest BCUT2D eigenvalue weighted by atomic mass is 9.93. The Labute approximate surface area is 124 Å². The standard InChI is InChI=1S/C16H21NO2S/c1-11(18)12-7-5-6-8-13(12)19-9-15-17-14(10-20-15)16(2,3)4/h5-8,10-11,18H,9H2,1-4H3/t11-/m1/s1. The Kier molecular flexibility index (Phi) is 4.45. The van der Waals surface area contributed by atoms with Gasteiger partial charge < -0.3 is 9.84 Å². The summed E-state index contributed by atoms with van der Waals surface area (Å²) in [6.45, 7) is 8.62. The highest BCUT2D eigenvalue weighted by Crippen LogP contribution is 2.27. The van der Waals surface area contributed by atoms with E-state index >= 15 is 0 Å². The van der Waals surface area contributed by atoms with Crippen molar-refractivity contribution in [1.82, 2.24) is 4.98 Å². The van der Waals surface area contributed by atoms with E-state index < -0.39 is 6.10 Å². The number of rotatable bonds is 4. The zero-order valence-corrected chi connectivity index (χ0v) is 13.2. The van der Waals surface area contributed by atoms with Gasteiger partial charge in [0.25, 0.3) is 0 Å². The smallest absolute Gasteiger partial charge is 0.140 e. The summed E-state index contributed by atoms with van der Waals surface area (Å²) in [5.41, 5.74) is 1.96. The molecule has 2 aromatic rings. The molecule has 1 N–H and O–H groups in total. The van der Waals surface area contributed by atoms with Crippen molar-refractivity contribution in [2.45, 2.75) is 45.8 Å². The van der Waals surface area contributed by atoms with Crippen LogP contribution in [0, 0.1) is 0 Å². The molecule has 1 aromatic carbocycles. The van der Waals surface area contributed by atoms with Gasteiger partial charge in [-0.05, 0) is 13.0 Å². The number of ether oxygens (including phenoxy) is 1. The fourth-order valence-electron chi connectivity index (χ4n) is 1.82. The topological polar surface area (TPSA) is 42.4 Å². The Hall–Kier alpha value is -1.39. The average Bonchev–Trinajstić information content (AvgIpc) is 2.85. The van der Waals surface area contributed by atoms with E-state index in [-0.39, 0.29) is 5.41 Å². The maximum Gasteiger partial charge on any atom is 0.140 e. The number of para-hydroxylation sites is 1. The molecule has 1 atom stereocenters. The molecule has 0 aliphatic rings. The molecule has 0 saturated carbocycles. The lowest BCUT2D eigenvalue weighted by Gasteiger charge is -2.14. The summed E-state index contributed by atoms with van der Waals surface area (Å²) in [5.74, 6) is 0.718. The second-order valence-electron chi connectivity index (χ2n) is 5.88. The van der Waals surface area contributed by atoms with Crippen LogP contribution in [0.2, 0.25) is 0 Å². The van der Waals surface area contributed by atoms with Crippen molar-refractivity contribution < 1.29 is 9.84 Å². The second-order valence-corrected chi connectivity index (χ2v) is 6.82. The average molecular weight is 291 g/mol. The van der Waals surface area contributed by atoms with Crippen LogP contribution in [-0.4, -0.2) is 10.1 Å². The normalized spacial score (nSPS) is 13.2. The molecule has 0 saturated heterocycles. The lowest BCUT2D eigenvalue weighted by Crippen LogP contribution is -2.11. The highest BCUT2D eigenvalue weighted by atomic mass is 32.1. The number of hydrogen-bond donors (Lipinski definition) is 1. The number of benzene rings is 1. The first kappa shape index (κ1) is 15.0. The molecule has 0 unspecified atom stereocenters. The third kappa shape index (κ3) is 3.58. The summed E-state index contributed by atoms with van der Waals surface area (Å²) in [7, 11) is 0. The van der Waals surface area contributed by atoms with E-state index in [9.17, 15) is 5.11 Å². The fourth-order valence-corrected chi connectivity index (χ4v) is 2.75. The van der Waals surface area contributed by atoms with Gasteiger partial charge in [-0.3, -0.25) is 0 Å². The zero-order valence-electron chi connectivity index (χ0n) is 12.4. The van der Waals surface area contributed by atoms with Gasteiger partial charge in [0, 0.05) is 16.4 Å². The van der Waals surface area contributed by atoms with Crippen LogP contribution in [0.5, 0.6) is 5.75 Å². The number of aliphatic hydroxyl groups excluding tert-OH is 1. The molecule has 0 aliphatic heterocycles. The van der Waals surface area contributed by atoms with Crippen LogP contribution in [0.3, 0.4) is 0 Å². The molecule has 20 heavy (non-hydrogen) atoms. The van der Waals surface area contributed by atoms with E-state index in [1.54, 1.807) is 18.3 Å². The Bertz CT molecular complexity index is 570. The number of nitrogens with zero attached hydrogens (tertiary/aromatic N) is 1. The third-order valence-corrected chi connectivity index (χ3v) is 3.86. The van der Waals surface area contributed by atoms with E-state index in [2.05, 4.69) is 31.1 Å². The quantitative estimate of drug-likeness (QED) is 0.923. The minimum atomic E-state index is -0.535. The summed E-state index contributed by atoms with van der Waals surface area (Å²) in [5, 5.41) is 12.8. The van der Waals surface area contributed by atoms with Gasteiger partial charge >= 0.3 is 0 Å². The van der Waals surface area contributed by atoms with E-state index in [1.807, 2.05) is 24.3 Å². The number of aliphatic hydroxyl groups is 1. The zero-order chi connectivity index (χ0) is 14.8. The van der Waals surface area contributed by atoms with Gasteiger partial charge in [0.05, 0.1) is 11.8 Å². The number of thiazole rings is 1. The monoisotopic (exact) mass is 291 g/mol. The van der Waals surface area contributed by atoms with Crippen molar-refractivity contribution in [3.63, 3.8) is 0 Å². The van der Waals surface area contributed by atoms with Gasteiger partial charge in [0.15, 0.2) is 0 Å². The number of aromatic nitrogens is 1. The highest BCUT2D eigenvalue weighted by Gasteiger charge is 2.17. The maximum atomic E-state index is 9.72. The summed E-state index contributed by atoms with van der Waals surface area (Å²) in [6, 6.07) is 7.56. The van der Waals surface area contributed by atoms with Crippen molar-refractivity contribution in [3.8, 4) is 5.75 Å². The summed E-state index contributed by atoms with van der Waals surface area (Å²) in [6.07, 6.45) is -0.535. The third-order valence-electron chi connectivity index (χ3n) is 3.04. The van der Waals surface area contributed by atoms with Crippen LogP contribution in [0.25, 0.3) is 0 Å². The largest absolute Gasteiger partial charge is 0.486 e. The van der Waals surface area contributed by atoms with Gasteiger partial charge in [0.2, 0.25) is 0 Å². The van der Waals surface area contributed by atoms with Crippen LogP contribution in [-0.2, 0) is 12.0 Å². The molecule has 0 fully saturated rings. The van der Waals surface area contributed by atoms with Crippen molar-refractivity contribution in [2.75, 3.05) is 0 Å². The van der Waals surface area contributed by atoms with Crippen molar-refractivity contribution in [1.29, 1.82) is 0 Å². The maximum absolute atomic E-state index is 9.72. The predicted molar refractivity (Wildman–Crippen MR) is 82.2 cm³/mol. The Morgan fingerprint density at radius 1 is 1.30 bits per heavy atom. The van der Waals surface area contributed by atoms with Gasteiger partial charge in [-0.15, -0.1) is 11.3 Å². The SMILES string of the molecule is C[C@@H](O)c1ccccc1OCc1nc(C(C)(C)C)cs1. The Morgan fingerprint density at radius 3 is 2.60 bits per heavy atom. The molecular weight excluding hydrogens is 270 g/mol. The van der Waals surface area contributed by atoms with Gasteiger partial charge in [-0.1, -0.05) is 39.0 Å². The van der Waals surface area contributed by atoms with Crippen molar-refractivity contribution in [3.05, 3.63) is 45.9 Å². The molecule has 2 rings (SSSR count). The van der Waals surface area contributed by atoms with Crippen LogP contribution in [0.4, 0.5) is 0 Å². The molecule has 3 nitrogen and oxygen atoms in total. The molecule has 108 valence electrons. The molecule has 0 spiro atoms. The molecule has 0 radical (unpaired) electrons. The van der Waals surface area contributed by atoms with E-state index in [4.69, 9.17) is 4.74 Å². The molecule has 0 amide bonds. The first-order chi connectivity index (χ1) is 9.38. The van der Waals surface area contributed by atoms with Crippen molar-refractivity contribution >= 4 is 11.3 Å². The lowest BCUT2D eigenvalue weighted by molar-refractivity contribution is 0.190. The molecule has 1 aromatic heterocycles. The highest BCUT2D eigenvalue weighted by molar-refractivity contribution is 7.09. The Balaban J connectivity index is 2.08. The van der Waals surface area contributed by atoms with E-state index in [0.717, 1.165) is 22.0 Å². The van der Waals surface area contributed by atoms with Gasteiger partial charge in [0.1, 0.15) is 17.4 Å². The van der Waals surface area contributed by atoms with Crippen LogP contribution >= 0.6 is 11.3 Å². The van der Waals surface area contributed by atoms with Gasteiger partial charge in [-0.25, -0.2) is 4.98 Å². The molecule has 1 heterocycles. The van der Waals surface area contributed by atoms with Crippen LogP contribution in [0.15, 0.2) is 29.6 Å². The predicted octanol–water partition coefficient (Wildman–Crippen LogP) is 4.07. The van der Waals surface area contributed by atoms with E-state index in [0.29, 0.717) is 6.61 Å². The molecule has 0 aliphatic carbocycles. The Morgan fingerprint density at radius 2 is 2.00 bits per heavy atom. The fraction of sp³-hybridized carbons (Fsp3) is 0.438. The first-order valence-electron chi connectivity index (χ1n) is 6.72. The number of hydrogen-bond acceptors (Lipinski definition) is 4. The molecule has 4 heteroatoms. The van der Waals surface area contributed by atoms with Crippen LogP contribution < -0.4 is 4.74 Å². The minimum absolute atomic E-state index is 0.0618. The summed E-state index contributed by atoms with van der Waals surface area (Å²) < 4.78 is 5.80. The minimum Gasteiger partial charge on any atom is -0.486 e. The first-order valence-corrected chi connectivity index (χ1v) is 7.60. The van der Waals surface area contributed by atoms with Crippen molar-refractivity contribution in [2.24, 2.45) is 0 Å². The van der Waals surface area contributed by atoms with Gasteiger partial charge in [-0.2, -0.15) is 0 Å². The van der Waals surface area contributed by atoms with Crippen LogP contribution in [0.1, 0.15) is 50.1 Å². The molecule has 0 bridgehead atoms. The van der Waals surface area contributed by atoms with E-state index in [1.165, 1.54) is 0 Å². The summed E-state index contributed by atoms with van der Waals surface area (Å²) >= 11 is 1.61. The second kappa shape index (κ2) is 5.94. The molecular formula is C16H21NO2S.